The van der Waals surface area contributed by atoms with Crippen molar-refractivity contribution in [3.8, 4) is 0 Å². The van der Waals surface area contributed by atoms with E-state index in [1.54, 1.807) is 11.0 Å². The smallest absolute Gasteiger partial charge is 0.323 e. The van der Waals surface area contributed by atoms with Crippen molar-refractivity contribution in [2.75, 3.05) is 19.6 Å². The third kappa shape index (κ3) is 4.08. The van der Waals surface area contributed by atoms with Crippen molar-refractivity contribution in [3.63, 3.8) is 0 Å². The molecule has 7 nitrogen and oxygen atoms in total. The lowest BCUT2D eigenvalue weighted by Gasteiger charge is -2.26. The van der Waals surface area contributed by atoms with Gasteiger partial charge in [-0.15, -0.1) is 0 Å². The monoisotopic (exact) mass is 293 g/mol. The third-order valence-electron chi connectivity index (χ3n) is 3.48. The number of hydrogen-bond donors (Lipinski definition) is 2. The molecule has 1 aliphatic heterocycles. The molecule has 2 amide bonds. The van der Waals surface area contributed by atoms with Crippen molar-refractivity contribution in [3.05, 3.63) is 24.0 Å². The lowest BCUT2D eigenvalue weighted by Crippen LogP contribution is -2.42. The highest BCUT2D eigenvalue weighted by Crippen LogP contribution is 2.08. The second-order valence-electron chi connectivity index (χ2n) is 5.04. The van der Waals surface area contributed by atoms with E-state index in [0.29, 0.717) is 0 Å². The average Bonchev–Trinajstić information content (AvgIpc) is 2.92. The molecule has 0 aliphatic carbocycles. The van der Waals surface area contributed by atoms with Crippen LogP contribution in [-0.2, 0) is 16.1 Å². The summed E-state index contributed by atoms with van der Waals surface area (Å²) in [5.74, 6) is -1.56. The summed E-state index contributed by atoms with van der Waals surface area (Å²) in [7, 11) is 0. The van der Waals surface area contributed by atoms with Crippen LogP contribution >= 0.6 is 0 Å². The number of hydrogen-bond acceptors (Lipinski definition) is 3. The molecule has 1 aromatic rings. The minimum Gasteiger partial charge on any atom is -0.480 e. The maximum Gasteiger partial charge on any atom is 0.323 e. The Bertz CT molecular complexity index is 532. The van der Waals surface area contributed by atoms with E-state index in [1.807, 2.05) is 0 Å². The summed E-state index contributed by atoms with van der Waals surface area (Å²) >= 11 is 0. The van der Waals surface area contributed by atoms with Gasteiger partial charge in [0.05, 0.1) is 6.54 Å². The fourth-order valence-electron chi connectivity index (χ4n) is 2.41. The van der Waals surface area contributed by atoms with Gasteiger partial charge in [0.1, 0.15) is 12.2 Å². The third-order valence-corrected chi connectivity index (χ3v) is 3.48. The van der Waals surface area contributed by atoms with Crippen LogP contribution in [-0.4, -0.2) is 52.0 Å². The summed E-state index contributed by atoms with van der Waals surface area (Å²) in [5.41, 5.74) is 0.240. The number of rotatable bonds is 5. The number of nitrogens with zero attached hydrogens (tertiary/aromatic N) is 2. The number of amides is 2. The minimum atomic E-state index is -1.02. The second-order valence-corrected chi connectivity index (χ2v) is 5.04. The normalized spacial score (nSPS) is 14.8. The van der Waals surface area contributed by atoms with E-state index in [0.717, 1.165) is 32.4 Å². The van der Waals surface area contributed by atoms with E-state index < -0.39 is 11.9 Å². The number of carbonyl (C=O) groups is 3. The van der Waals surface area contributed by atoms with Crippen LogP contribution in [0, 0.1) is 0 Å². The molecule has 0 atom stereocenters. The molecular weight excluding hydrogens is 274 g/mol. The van der Waals surface area contributed by atoms with Gasteiger partial charge >= 0.3 is 5.97 Å². The van der Waals surface area contributed by atoms with E-state index in [1.165, 1.54) is 16.8 Å². The summed E-state index contributed by atoms with van der Waals surface area (Å²) in [6.07, 6.45) is 4.66. The first-order chi connectivity index (χ1) is 10.1. The van der Waals surface area contributed by atoms with Gasteiger partial charge < -0.3 is 19.9 Å². The van der Waals surface area contributed by atoms with Crippen LogP contribution < -0.4 is 5.32 Å². The summed E-state index contributed by atoms with van der Waals surface area (Å²) in [5, 5.41) is 11.3. The summed E-state index contributed by atoms with van der Waals surface area (Å²) in [6.45, 7) is 1.14. The van der Waals surface area contributed by atoms with Crippen LogP contribution in [0.4, 0.5) is 0 Å². The topological polar surface area (TPSA) is 91.6 Å². The van der Waals surface area contributed by atoms with Gasteiger partial charge in [-0.2, -0.15) is 0 Å². The van der Waals surface area contributed by atoms with E-state index in [4.69, 9.17) is 5.11 Å². The molecule has 2 heterocycles. The number of piperidine rings is 1. The van der Waals surface area contributed by atoms with E-state index in [9.17, 15) is 14.4 Å². The molecule has 0 spiro atoms. The van der Waals surface area contributed by atoms with Crippen LogP contribution in [0.25, 0.3) is 0 Å². The molecule has 0 saturated carbocycles. The number of carboxylic acids is 1. The number of aromatic nitrogens is 1. The number of carboxylic acid groups (broad SMARTS) is 1. The Labute approximate surface area is 122 Å². The summed E-state index contributed by atoms with van der Waals surface area (Å²) < 4.78 is 1.34. The molecule has 0 bridgehead atoms. The van der Waals surface area contributed by atoms with Crippen LogP contribution in [0.1, 0.15) is 29.8 Å². The second kappa shape index (κ2) is 6.92. The molecule has 1 fully saturated rings. The quantitative estimate of drug-likeness (QED) is 0.817. The fourth-order valence-corrected chi connectivity index (χ4v) is 2.41. The predicted molar refractivity (Wildman–Crippen MR) is 74.8 cm³/mol. The Hall–Kier alpha value is -2.31. The molecule has 1 aromatic heterocycles. The zero-order valence-electron chi connectivity index (χ0n) is 11.7. The van der Waals surface area contributed by atoms with Gasteiger partial charge in [-0.3, -0.25) is 14.4 Å². The van der Waals surface area contributed by atoms with Crippen molar-refractivity contribution < 1.29 is 19.5 Å². The first kappa shape index (κ1) is 15.1. The van der Waals surface area contributed by atoms with E-state index in [2.05, 4.69) is 5.32 Å². The molecule has 2 N–H and O–H groups in total. The Morgan fingerprint density at radius 1 is 1.19 bits per heavy atom. The standard InChI is InChI=1S/C14H19N3O4/c18-12(16-6-2-1-3-7-16)9-15-14(21)11-5-4-8-17(11)10-13(19)20/h4-5,8H,1-3,6-7,9-10H2,(H,15,21)(H,19,20). The van der Waals surface area contributed by atoms with Gasteiger partial charge in [0.25, 0.3) is 5.91 Å². The molecule has 0 radical (unpaired) electrons. The maximum absolute atomic E-state index is 12.0. The molecule has 114 valence electrons. The summed E-state index contributed by atoms with van der Waals surface area (Å²) in [4.78, 5) is 36.4. The van der Waals surface area contributed by atoms with Crippen LogP contribution in [0.5, 0.6) is 0 Å². The number of likely N-dealkylation sites (tertiary alicyclic amines) is 1. The minimum absolute atomic E-state index is 0.0584. The highest BCUT2D eigenvalue weighted by Gasteiger charge is 2.18. The van der Waals surface area contributed by atoms with Gasteiger partial charge in [0.15, 0.2) is 0 Å². The van der Waals surface area contributed by atoms with Crippen molar-refractivity contribution in [2.45, 2.75) is 25.8 Å². The number of carbonyl (C=O) groups excluding carboxylic acids is 2. The fraction of sp³-hybridized carbons (Fsp3) is 0.500. The van der Waals surface area contributed by atoms with Crippen molar-refractivity contribution in [2.24, 2.45) is 0 Å². The lowest BCUT2D eigenvalue weighted by atomic mass is 10.1. The maximum atomic E-state index is 12.0. The number of aliphatic carboxylic acids is 1. The first-order valence-electron chi connectivity index (χ1n) is 7.01. The van der Waals surface area contributed by atoms with Gasteiger partial charge in [-0.25, -0.2) is 0 Å². The molecule has 1 aliphatic rings. The molecule has 0 aromatic carbocycles. The Kier molecular flexibility index (Phi) is 4.97. The van der Waals surface area contributed by atoms with Crippen molar-refractivity contribution in [1.29, 1.82) is 0 Å². The average molecular weight is 293 g/mol. The highest BCUT2D eigenvalue weighted by atomic mass is 16.4. The van der Waals surface area contributed by atoms with Crippen LogP contribution in [0.2, 0.25) is 0 Å². The van der Waals surface area contributed by atoms with Gasteiger partial charge in [-0.1, -0.05) is 0 Å². The zero-order valence-corrected chi connectivity index (χ0v) is 11.7. The van der Waals surface area contributed by atoms with Gasteiger partial charge in [0, 0.05) is 19.3 Å². The van der Waals surface area contributed by atoms with E-state index >= 15 is 0 Å². The van der Waals surface area contributed by atoms with Gasteiger partial charge in [0.2, 0.25) is 5.91 Å². The Balaban J connectivity index is 1.88. The molecule has 2 rings (SSSR count). The van der Waals surface area contributed by atoms with Crippen LogP contribution in [0.3, 0.4) is 0 Å². The highest BCUT2D eigenvalue weighted by molar-refractivity contribution is 5.95. The largest absolute Gasteiger partial charge is 0.480 e. The SMILES string of the molecule is O=C(O)Cn1cccc1C(=O)NCC(=O)N1CCCCC1. The Morgan fingerprint density at radius 2 is 1.90 bits per heavy atom. The first-order valence-corrected chi connectivity index (χ1v) is 7.01. The van der Waals surface area contributed by atoms with E-state index in [-0.39, 0.29) is 24.7 Å². The summed E-state index contributed by atoms with van der Waals surface area (Å²) in [6, 6.07) is 3.13. The number of nitrogens with one attached hydrogen (secondary N) is 1. The predicted octanol–water partition coefficient (Wildman–Crippen LogP) is 0.315. The molecule has 1 saturated heterocycles. The molecule has 21 heavy (non-hydrogen) atoms. The van der Waals surface area contributed by atoms with Gasteiger partial charge in [-0.05, 0) is 31.4 Å². The van der Waals surface area contributed by atoms with Crippen molar-refractivity contribution in [1.82, 2.24) is 14.8 Å². The zero-order chi connectivity index (χ0) is 15.2. The molecular formula is C14H19N3O4. The van der Waals surface area contributed by atoms with Crippen LogP contribution in [0.15, 0.2) is 18.3 Å². The lowest BCUT2D eigenvalue weighted by molar-refractivity contribution is -0.137. The molecule has 7 heteroatoms. The Morgan fingerprint density at radius 3 is 2.57 bits per heavy atom. The molecule has 0 unspecified atom stereocenters. The van der Waals surface area contributed by atoms with Crippen molar-refractivity contribution >= 4 is 17.8 Å².